The third kappa shape index (κ3) is 3.44. The highest BCUT2D eigenvalue weighted by Gasteiger charge is 2.14. The molecule has 3 N–H and O–H groups in total. The van der Waals surface area contributed by atoms with Gasteiger partial charge in [-0.15, -0.1) is 0 Å². The van der Waals surface area contributed by atoms with E-state index in [9.17, 15) is 12.8 Å². The fraction of sp³-hybridized carbons (Fsp3) is 0.0769. The van der Waals surface area contributed by atoms with E-state index in [-0.39, 0.29) is 27.1 Å². The minimum Gasteiger partial charge on any atom is -0.454 e. The first-order valence-electron chi connectivity index (χ1n) is 5.79. The first-order valence-corrected chi connectivity index (χ1v) is 7.65. The zero-order valence-electron chi connectivity index (χ0n) is 10.9. The van der Waals surface area contributed by atoms with Crippen LogP contribution >= 0.6 is 11.6 Å². The average molecular weight is 331 g/mol. The van der Waals surface area contributed by atoms with Crippen molar-refractivity contribution >= 4 is 27.3 Å². The number of anilines is 1. The Morgan fingerprint density at radius 2 is 1.86 bits per heavy atom. The van der Waals surface area contributed by atoms with E-state index in [1.54, 1.807) is 0 Å². The molecule has 0 amide bonds. The molecule has 0 bridgehead atoms. The molecule has 0 heterocycles. The Bertz CT molecular complexity index is 781. The van der Waals surface area contributed by atoms with Gasteiger partial charge in [0.2, 0.25) is 10.0 Å². The molecule has 0 fully saturated rings. The van der Waals surface area contributed by atoms with Gasteiger partial charge < -0.3 is 10.5 Å². The maximum atomic E-state index is 13.0. The van der Waals surface area contributed by atoms with E-state index in [1.807, 2.05) is 0 Å². The largest absolute Gasteiger partial charge is 0.454 e. The highest BCUT2D eigenvalue weighted by atomic mass is 35.5. The normalized spacial score (nSPS) is 11.4. The van der Waals surface area contributed by atoms with Crippen LogP contribution in [0.3, 0.4) is 0 Å². The van der Waals surface area contributed by atoms with Crippen molar-refractivity contribution in [3.8, 4) is 11.5 Å². The molecule has 0 atom stereocenters. The Kier molecular flexibility index (Phi) is 4.36. The summed E-state index contributed by atoms with van der Waals surface area (Å²) in [6, 6.07) is 7.66. The Morgan fingerprint density at radius 3 is 2.43 bits per heavy atom. The van der Waals surface area contributed by atoms with Crippen LogP contribution in [0.15, 0.2) is 41.3 Å². The lowest BCUT2D eigenvalue weighted by Crippen LogP contribution is -2.18. The van der Waals surface area contributed by atoms with E-state index in [0.29, 0.717) is 0 Å². The number of ether oxygens (including phenoxy) is 1. The summed E-state index contributed by atoms with van der Waals surface area (Å²) in [5.74, 6) is -0.0525. The molecule has 0 saturated heterocycles. The molecular weight excluding hydrogens is 319 g/mol. The molecule has 0 unspecified atom stereocenters. The molecular formula is C13H12ClFN2O3S. The van der Waals surface area contributed by atoms with E-state index in [1.165, 1.54) is 37.4 Å². The molecule has 0 spiro atoms. The van der Waals surface area contributed by atoms with Crippen LogP contribution in [0.2, 0.25) is 5.02 Å². The number of benzene rings is 2. The number of sulfonamides is 1. The zero-order valence-corrected chi connectivity index (χ0v) is 12.5. The summed E-state index contributed by atoms with van der Waals surface area (Å²) < 4.78 is 43.9. The standard InChI is InChI=1S/C13H12ClFN2O3S/c1-17-21(18,19)9-3-5-13(11(16)7-9)20-12-4-2-8(15)6-10(12)14/h2-7,17H,16H2,1H3. The lowest BCUT2D eigenvalue weighted by molar-refractivity contribution is 0.482. The molecule has 0 aliphatic carbocycles. The number of hydrogen-bond acceptors (Lipinski definition) is 4. The monoisotopic (exact) mass is 330 g/mol. The fourth-order valence-electron chi connectivity index (χ4n) is 1.58. The average Bonchev–Trinajstić information content (AvgIpc) is 2.43. The van der Waals surface area contributed by atoms with Crippen LogP contribution in [0, 0.1) is 5.82 Å². The highest BCUT2D eigenvalue weighted by molar-refractivity contribution is 7.89. The van der Waals surface area contributed by atoms with Gasteiger partial charge in [-0.3, -0.25) is 0 Å². The summed E-state index contributed by atoms with van der Waals surface area (Å²) in [5.41, 5.74) is 5.88. The maximum Gasteiger partial charge on any atom is 0.240 e. The lowest BCUT2D eigenvalue weighted by atomic mass is 10.3. The van der Waals surface area contributed by atoms with Crippen molar-refractivity contribution in [1.29, 1.82) is 0 Å². The molecule has 0 radical (unpaired) electrons. The minimum atomic E-state index is -3.59. The third-order valence-corrected chi connectivity index (χ3v) is 4.38. The van der Waals surface area contributed by atoms with Crippen LogP contribution in [0.5, 0.6) is 11.5 Å². The summed E-state index contributed by atoms with van der Waals surface area (Å²) in [7, 11) is -2.29. The van der Waals surface area contributed by atoms with Crippen LogP contribution in [0.4, 0.5) is 10.1 Å². The van der Waals surface area contributed by atoms with Gasteiger partial charge >= 0.3 is 0 Å². The lowest BCUT2D eigenvalue weighted by Gasteiger charge is -2.11. The summed E-state index contributed by atoms with van der Waals surface area (Å²) >= 11 is 5.85. The van der Waals surface area contributed by atoms with Crippen LogP contribution in [0.25, 0.3) is 0 Å². The van der Waals surface area contributed by atoms with Gasteiger partial charge in [-0.25, -0.2) is 17.5 Å². The van der Waals surface area contributed by atoms with Crippen molar-refractivity contribution in [3.63, 3.8) is 0 Å². The first-order chi connectivity index (χ1) is 9.83. The quantitative estimate of drug-likeness (QED) is 0.845. The van der Waals surface area contributed by atoms with Crippen LogP contribution in [-0.2, 0) is 10.0 Å². The molecule has 0 saturated carbocycles. The van der Waals surface area contributed by atoms with Gasteiger partial charge in [-0.1, -0.05) is 11.6 Å². The van der Waals surface area contributed by atoms with Crippen molar-refractivity contribution < 1.29 is 17.5 Å². The molecule has 112 valence electrons. The Hall–Kier alpha value is -1.83. The molecule has 2 aromatic carbocycles. The fourth-order valence-corrected chi connectivity index (χ4v) is 2.55. The molecule has 2 aromatic rings. The second-order valence-electron chi connectivity index (χ2n) is 4.08. The molecule has 5 nitrogen and oxygen atoms in total. The molecule has 0 aliphatic rings. The van der Waals surface area contributed by atoms with Crippen molar-refractivity contribution in [3.05, 3.63) is 47.2 Å². The number of nitrogens with two attached hydrogens (primary N) is 1. The van der Waals surface area contributed by atoms with E-state index < -0.39 is 15.8 Å². The van der Waals surface area contributed by atoms with Crippen molar-refractivity contribution in [2.75, 3.05) is 12.8 Å². The van der Waals surface area contributed by atoms with Crippen molar-refractivity contribution in [1.82, 2.24) is 4.72 Å². The van der Waals surface area contributed by atoms with Gasteiger partial charge in [0.05, 0.1) is 15.6 Å². The predicted molar refractivity (Wildman–Crippen MR) is 78.6 cm³/mol. The second kappa shape index (κ2) is 5.88. The molecule has 0 aliphatic heterocycles. The van der Waals surface area contributed by atoms with Gasteiger partial charge in [0.15, 0.2) is 0 Å². The maximum absolute atomic E-state index is 13.0. The number of halogens is 2. The highest BCUT2D eigenvalue weighted by Crippen LogP contribution is 2.33. The Morgan fingerprint density at radius 1 is 1.19 bits per heavy atom. The van der Waals surface area contributed by atoms with E-state index >= 15 is 0 Å². The SMILES string of the molecule is CNS(=O)(=O)c1ccc(Oc2ccc(F)cc2Cl)c(N)c1. The number of hydrogen-bond donors (Lipinski definition) is 2. The first kappa shape index (κ1) is 15.6. The zero-order chi connectivity index (χ0) is 15.6. The van der Waals surface area contributed by atoms with Gasteiger partial charge in [0, 0.05) is 0 Å². The topological polar surface area (TPSA) is 81.4 Å². The molecule has 0 aromatic heterocycles. The number of nitrogen functional groups attached to an aromatic ring is 1. The van der Waals surface area contributed by atoms with Gasteiger partial charge in [-0.05, 0) is 43.4 Å². The van der Waals surface area contributed by atoms with Crippen LogP contribution < -0.4 is 15.2 Å². The smallest absolute Gasteiger partial charge is 0.240 e. The van der Waals surface area contributed by atoms with Crippen LogP contribution in [0.1, 0.15) is 0 Å². The van der Waals surface area contributed by atoms with E-state index in [2.05, 4.69) is 4.72 Å². The van der Waals surface area contributed by atoms with Crippen molar-refractivity contribution in [2.24, 2.45) is 0 Å². The Labute approximate surface area is 126 Å². The minimum absolute atomic E-state index is 0.0139. The molecule has 21 heavy (non-hydrogen) atoms. The summed E-state index contributed by atoms with van der Waals surface area (Å²) in [6.07, 6.45) is 0. The van der Waals surface area contributed by atoms with E-state index in [0.717, 1.165) is 6.07 Å². The number of rotatable bonds is 4. The van der Waals surface area contributed by atoms with Crippen molar-refractivity contribution in [2.45, 2.75) is 4.90 Å². The van der Waals surface area contributed by atoms with Crippen LogP contribution in [-0.4, -0.2) is 15.5 Å². The van der Waals surface area contributed by atoms with E-state index in [4.69, 9.17) is 22.1 Å². The van der Waals surface area contributed by atoms with Gasteiger partial charge in [0.1, 0.15) is 17.3 Å². The number of nitrogens with one attached hydrogen (secondary N) is 1. The summed E-state index contributed by atoms with van der Waals surface area (Å²) in [6.45, 7) is 0. The summed E-state index contributed by atoms with van der Waals surface area (Å²) in [4.78, 5) is 0.0139. The molecule has 2 rings (SSSR count). The predicted octanol–water partition coefficient (Wildman–Crippen LogP) is 2.76. The summed E-state index contributed by atoms with van der Waals surface area (Å²) in [5, 5.41) is 0.0846. The Balaban J connectivity index is 2.34. The van der Waals surface area contributed by atoms with Gasteiger partial charge in [-0.2, -0.15) is 0 Å². The van der Waals surface area contributed by atoms with Gasteiger partial charge in [0.25, 0.3) is 0 Å². The second-order valence-corrected chi connectivity index (χ2v) is 6.38. The third-order valence-electron chi connectivity index (χ3n) is 2.67. The molecule has 8 heteroatoms.